The molecular formula is C10H12BrNO3. The Morgan fingerprint density at radius 3 is 2.67 bits per heavy atom. The van der Waals surface area contributed by atoms with E-state index in [1.807, 2.05) is 24.3 Å². The highest BCUT2D eigenvalue weighted by Gasteiger charge is 2.12. The average molecular weight is 274 g/mol. The van der Waals surface area contributed by atoms with Crippen LogP contribution in [0, 0.1) is 0 Å². The molecule has 0 saturated carbocycles. The van der Waals surface area contributed by atoms with Gasteiger partial charge in [-0.1, -0.05) is 34.1 Å². The Hall–Kier alpha value is -1.07. The topological polar surface area (TPSA) is 69.6 Å². The second-order valence-corrected chi connectivity index (χ2v) is 3.98. The summed E-state index contributed by atoms with van der Waals surface area (Å²) < 4.78 is 0.913. The fourth-order valence-electron chi connectivity index (χ4n) is 1.27. The fraction of sp³-hybridized carbons (Fsp3) is 0.300. The van der Waals surface area contributed by atoms with Crippen molar-refractivity contribution in [1.29, 1.82) is 0 Å². The molecular weight excluding hydrogens is 262 g/mol. The first kappa shape index (κ1) is 12.0. The van der Waals surface area contributed by atoms with Gasteiger partial charge in [-0.15, -0.1) is 0 Å². The van der Waals surface area contributed by atoms with Crippen LogP contribution in [-0.2, 0) is 6.42 Å². The van der Waals surface area contributed by atoms with Crippen LogP contribution in [0.4, 0.5) is 4.79 Å². The predicted molar refractivity (Wildman–Crippen MR) is 59.9 cm³/mol. The van der Waals surface area contributed by atoms with Crippen LogP contribution in [-0.4, -0.2) is 29.0 Å². The molecule has 1 amide bonds. The molecule has 0 spiro atoms. The fourth-order valence-corrected chi connectivity index (χ4v) is 1.71. The summed E-state index contributed by atoms with van der Waals surface area (Å²) in [6.07, 6.45) is -0.661. The molecule has 82 valence electrons. The Labute approximate surface area is 96.1 Å². The van der Waals surface area contributed by atoms with Crippen LogP contribution in [0.15, 0.2) is 28.7 Å². The Morgan fingerprint density at radius 2 is 2.13 bits per heavy atom. The zero-order valence-electron chi connectivity index (χ0n) is 7.98. The number of aliphatic hydroxyl groups excluding tert-OH is 1. The van der Waals surface area contributed by atoms with E-state index in [-0.39, 0.29) is 6.61 Å². The predicted octanol–water partition coefficient (Wildman–Crippen LogP) is 1.62. The summed E-state index contributed by atoms with van der Waals surface area (Å²) in [4.78, 5) is 10.4. The van der Waals surface area contributed by atoms with Gasteiger partial charge < -0.3 is 15.5 Å². The Kier molecular flexibility index (Phi) is 4.58. The summed E-state index contributed by atoms with van der Waals surface area (Å²) in [5.74, 6) is 0. The Balaban J connectivity index is 2.66. The minimum absolute atomic E-state index is 0.215. The van der Waals surface area contributed by atoms with Crippen molar-refractivity contribution in [1.82, 2.24) is 5.32 Å². The van der Waals surface area contributed by atoms with Gasteiger partial charge in [0.25, 0.3) is 0 Å². The van der Waals surface area contributed by atoms with E-state index in [1.54, 1.807) is 0 Å². The molecule has 1 aromatic carbocycles. The summed E-state index contributed by atoms with van der Waals surface area (Å²) in [6, 6.07) is 7.05. The van der Waals surface area contributed by atoms with Crippen LogP contribution in [0.25, 0.3) is 0 Å². The van der Waals surface area contributed by atoms with Crippen molar-refractivity contribution < 1.29 is 15.0 Å². The molecule has 0 aliphatic rings. The van der Waals surface area contributed by atoms with E-state index in [1.165, 1.54) is 0 Å². The molecule has 0 aromatic heterocycles. The number of halogens is 1. The van der Waals surface area contributed by atoms with Gasteiger partial charge in [-0.25, -0.2) is 4.79 Å². The summed E-state index contributed by atoms with van der Waals surface area (Å²) in [7, 11) is 0. The third-order valence-corrected chi connectivity index (χ3v) is 2.75. The van der Waals surface area contributed by atoms with Gasteiger partial charge in [0, 0.05) is 4.47 Å². The molecule has 1 aromatic rings. The van der Waals surface area contributed by atoms with E-state index >= 15 is 0 Å². The van der Waals surface area contributed by atoms with Gasteiger partial charge in [-0.05, 0) is 18.1 Å². The molecule has 5 heteroatoms. The molecule has 1 unspecified atom stereocenters. The van der Waals surface area contributed by atoms with Gasteiger partial charge in [-0.2, -0.15) is 0 Å². The highest BCUT2D eigenvalue weighted by molar-refractivity contribution is 9.10. The first-order valence-corrected chi connectivity index (χ1v) is 5.26. The number of benzene rings is 1. The van der Waals surface area contributed by atoms with Gasteiger partial charge >= 0.3 is 6.09 Å². The molecule has 4 nitrogen and oxygen atoms in total. The lowest BCUT2D eigenvalue weighted by Gasteiger charge is -2.14. The first-order chi connectivity index (χ1) is 7.13. The Bertz CT molecular complexity index is 343. The molecule has 1 atom stereocenters. The summed E-state index contributed by atoms with van der Waals surface area (Å²) in [5, 5.41) is 19.8. The summed E-state index contributed by atoms with van der Waals surface area (Å²) >= 11 is 3.36. The van der Waals surface area contributed by atoms with Crippen molar-refractivity contribution >= 4 is 22.0 Å². The highest BCUT2D eigenvalue weighted by atomic mass is 79.9. The number of hydrogen-bond donors (Lipinski definition) is 3. The third-order valence-electron chi connectivity index (χ3n) is 1.97. The molecule has 0 bridgehead atoms. The molecule has 0 heterocycles. The molecule has 0 saturated heterocycles. The van der Waals surface area contributed by atoms with E-state index in [0.29, 0.717) is 6.42 Å². The van der Waals surface area contributed by atoms with Gasteiger partial charge in [0.15, 0.2) is 0 Å². The normalized spacial score (nSPS) is 12.1. The maximum atomic E-state index is 10.4. The van der Waals surface area contributed by atoms with Gasteiger partial charge in [-0.3, -0.25) is 0 Å². The number of amides is 1. The number of rotatable bonds is 4. The molecule has 0 aliphatic heterocycles. The van der Waals surface area contributed by atoms with Crippen molar-refractivity contribution in [2.24, 2.45) is 0 Å². The number of carboxylic acid groups (broad SMARTS) is 1. The van der Waals surface area contributed by atoms with E-state index in [4.69, 9.17) is 10.2 Å². The average Bonchev–Trinajstić information content (AvgIpc) is 2.19. The maximum Gasteiger partial charge on any atom is 0.404 e. The molecule has 0 aliphatic carbocycles. The second-order valence-electron chi connectivity index (χ2n) is 3.12. The minimum atomic E-state index is -1.12. The minimum Gasteiger partial charge on any atom is -0.465 e. The Morgan fingerprint density at radius 1 is 1.47 bits per heavy atom. The van der Waals surface area contributed by atoms with E-state index in [0.717, 1.165) is 10.0 Å². The quantitative estimate of drug-likeness (QED) is 0.781. The lowest BCUT2D eigenvalue weighted by molar-refractivity contribution is 0.177. The molecule has 3 N–H and O–H groups in total. The van der Waals surface area contributed by atoms with E-state index in [9.17, 15) is 4.79 Å². The zero-order valence-corrected chi connectivity index (χ0v) is 9.57. The number of carbonyl (C=O) groups is 1. The lowest BCUT2D eigenvalue weighted by atomic mass is 10.1. The van der Waals surface area contributed by atoms with E-state index in [2.05, 4.69) is 21.2 Å². The zero-order chi connectivity index (χ0) is 11.3. The van der Waals surface area contributed by atoms with E-state index < -0.39 is 12.1 Å². The van der Waals surface area contributed by atoms with Crippen molar-refractivity contribution in [3.05, 3.63) is 34.3 Å². The summed E-state index contributed by atoms with van der Waals surface area (Å²) in [5.41, 5.74) is 0.963. The van der Waals surface area contributed by atoms with Gasteiger partial charge in [0.05, 0.1) is 12.6 Å². The van der Waals surface area contributed by atoms with Crippen LogP contribution < -0.4 is 5.32 Å². The highest BCUT2D eigenvalue weighted by Crippen LogP contribution is 2.17. The smallest absolute Gasteiger partial charge is 0.404 e. The molecule has 1 rings (SSSR count). The van der Waals surface area contributed by atoms with Crippen LogP contribution >= 0.6 is 15.9 Å². The molecule has 0 fully saturated rings. The van der Waals surface area contributed by atoms with Crippen LogP contribution in [0.1, 0.15) is 5.56 Å². The standard InChI is InChI=1S/C10H12BrNO3/c11-9-4-2-1-3-7(9)5-8(6-13)12-10(14)15/h1-4,8,12-13H,5-6H2,(H,14,15). The van der Waals surface area contributed by atoms with Gasteiger partial charge in [0.2, 0.25) is 0 Å². The largest absolute Gasteiger partial charge is 0.465 e. The molecule has 0 radical (unpaired) electrons. The SMILES string of the molecule is O=C(O)NC(CO)Cc1ccccc1Br. The number of nitrogens with one attached hydrogen (secondary N) is 1. The van der Waals surface area contributed by atoms with Crippen molar-refractivity contribution in [2.45, 2.75) is 12.5 Å². The van der Waals surface area contributed by atoms with Crippen LogP contribution in [0.3, 0.4) is 0 Å². The molecule has 15 heavy (non-hydrogen) atoms. The maximum absolute atomic E-state index is 10.4. The summed E-state index contributed by atoms with van der Waals surface area (Å²) in [6.45, 7) is -0.215. The van der Waals surface area contributed by atoms with Crippen molar-refractivity contribution in [2.75, 3.05) is 6.61 Å². The van der Waals surface area contributed by atoms with Crippen molar-refractivity contribution in [3.63, 3.8) is 0 Å². The lowest BCUT2D eigenvalue weighted by Crippen LogP contribution is -2.38. The van der Waals surface area contributed by atoms with Gasteiger partial charge in [0.1, 0.15) is 0 Å². The van der Waals surface area contributed by atoms with Crippen LogP contribution in [0.5, 0.6) is 0 Å². The first-order valence-electron chi connectivity index (χ1n) is 4.47. The number of hydrogen-bond acceptors (Lipinski definition) is 2. The second kappa shape index (κ2) is 5.72. The van der Waals surface area contributed by atoms with Crippen molar-refractivity contribution in [3.8, 4) is 0 Å². The third kappa shape index (κ3) is 3.89. The number of aliphatic hydroxyl groups is 1. The van der Waals surface area contributed by atoms with Crippen LogP contribution in [0.2, 0.25) is 0 Å². The monoisotopic (exact) mass is 273 g/mol.